The van der Waals surface area contributed by atoms with Gasteiger partial charge in [0.15, 0.2) is 5.43 Å². The molecular formula is C18H14Br2O4. The largest absolute Gasteiger partial charge is 0.508 e. The molecule has 0 spiro atoms. The fraction of sp³-hybridized carbons (Fsp3) is 0.167. The molecule has 0 saturated heterocycles. The Hall–Kier alpha value is -1.79. The van der Waals surface area contributed by atoms with Gasteiger partial charge >= 0.3 is 0 Å². The van der Waals surface area contributed by atoms with E-state index in [0.29, 0.717) is 43.2 Å². The molecule has 0 saturated carbocycles. The summed E-state index contributed by atoms with van der Waals surface area (Å²) in [6.45, 7) is 1.98. The second-order valence-corrected chi connectivity index (χ2v) is 7.17. The van der Waals surface area contributed by atoms with Crippen molar-refractivity contribution in [3.63, 3.8) is 0 Å². The molecule has 0 amide bonds. The molecule has 0 radical (unpaired) electrons. The number of phenolic OH excluding ortho intramolecular Hbond substituents is 2. The summed E-state index contributed by atoms with van der Waals surface area (Å²) in [5, 5.41) is 19.9. The van der Waals surface area contributed by atoms with Crippen LogP contribution in [0.5, 0.6) is 11.5 Å². The fourth-order valence-electron chi connectivity index (χ4n) is 2.63. The SMILES string of the molecule is CCCc1c(-c2cc(Br)c(O)c(Br)c2)oc2ccc(O)cc2c1=O. The van der Waals surface area contributed by atoms with Crippen molar-refractivity contribution in [3.8, 4) is 22.8 Å². The number of benzene rings is 2. The van der Waals surface area contributed by atoms with E-state index < -0.39 is 0 Å². The lowest BCUT2D eigenvalue weighted by Gasteiger charge is -2.11. The maximum absolute atomic E-state index is 12.9. The summed E-state index contributed by atoms with van der Waals surface area (Å²) in [5.41, 5.74) is 1.50. The van der Waals surface area contributed by atoms with Crippen molar-refractivity contribution in [2.24, 2.45) is 0 Å². The zero-order valence-electron chi connectivity index (χ0n) is 12.8. The van der Waals surface area contributed by atoms with Gasteiger partial charge in [-0.05, 0) is 68.6 Å². The highest BCUT2D eigenvalue weighted by Crippen LogP contribution is 2.38. The number of rotatable bonds is 3. The summed E-state index contributed by atoms with van der Waals surface area (Å²) >= 11 is 6.61. The van der Waals surface area contributed by atoms with Gasteiger partial charge in [0.2, 0.25) is 0 Å². The molecule has 0 aliphatic heterocycles. The van der Waals surface area contributed by atoms with Crippen molar-refractivity contribution in [2.45, 2.75) is 19.8 Å². The van der Waals surface area contributed by atoms with Gasteiger partial charge < -0.3 is 14.6 Å². The first kappa shape index (κ1) is 17.0. The van der Waals surface area contributed by atoms with Gasteiger partial charge in [-0.3, -0.25) is 4.79 Å². The van der Waals surface area contributed by atoms with Crippen molar-refractivity contribution in [1.82, 2.24) is 0 Å². The van der Waals surface area contributed by atoms with Gasteiger partial charge in [0, 0.05) is 11.1 Å². The van der Waals surface area contributed by atoms with Crippen LogP contribution in [0.1, 0.15) is 18.9 Å². The third-order valence-electron chi connectivity index (χ3n) is 3.75. The zero-order valence-corrected chi connectivity index (χ0v) is 15.9. The lowest BCUT2D eigenvalue weighted by atomic mass is 10.0. The molecule has 0 aliphatic carbocycles. The molecule has 4 nitrogen and oxygen atoms in total. The molecule has 0 bridgehead atoms. The quantitative estimate of drug-likeness (QED) is 0.560. The third kappa shape index (κ3) is 2.96. The zero-order chi connectivity index (χ0) is 17.4. The molecule has 124 valence electrons. The van der Waals surface area contributed by atoms with Crippen LogP contribution in [0, 0.1) is 0 Å². The van der Waals surface area contributed by atoms with E-state index in [4.69, 9.17) is 4.42 Å². The molecule has 0 aliphatic rings. The van der Waals surface area contributed by atoms with E-state index in [1.54, 1.807) is 18.2 Å². The molecular weight excluding hydrogens is 440 g/mol. The Balaban J connectivity index is 2.36. The minimum Gasteiger partial charge on any atom is -0.508 e. The van der Waals surface area contributed by atoms with E-state index in [-0.39, 0.29) is 16.9 Å². The first-order chi connectivity index (χ1) is 11.4. The predicted octanol–water partition coefficient (Wildman–Crippen LogP) is 5.35. The van der Waals surface area contributed by atoms with Gasteiger partial charge in [-0.25, -0.2) is 0 Å². The molecule has 3 rings (SSSR count). The van der Waals surface area contributed by atoms with Crippen LogP contribution in [-0.2, 0) is 6.42 Å². The maximum Gasteiger partial charge on any atom is 0.196 e. The topological polar surface area (TPSA) is 70.7 Å². The second-order valence-electron chi connectivity index (χ2n) is 5.46. The van der Waals surface area contributed by atoms with Crippen molar-refractivity contribution >= 4 is 42.8 Å². The monoisotopic (exact) mass is 452 g/mol. The van der Waals surface area contributed by atoms with Gasteiger partial charge in [0.25, 0.3) is 0 Å². The van der Waals surface area contributed by atoms with Gasteiger partial charge in [-0.15, -0.1) is 0 Å². The van der Waals surface area contributed by atoms with E-state index in [1.165, 1.54) is 12.1 Å². The van der Waals surface area contributed by atoms with Crippen molar-refractivity contribution < 1.29 is 14.6 Å². The predicted molar refractivity (Wildman–Crippen MR) is 101 cm³/mol. The first-order valence-corrected chi connectivity index (χ1v) is 8.98. The van der Waals surface area contributed by atoms with Crippen molar-refractivity contribution in [1.29, 1.82) is 0 Å². The minimum atomic E-state index is -0.149. The average molecular weight is 454 g/mol. The van der Waals surface area contributed by atoms with E-state index >= 15 is 0 Å². The van der Waals surface area contributed by atoms with Gasteiger partial charge in [0.1, 0.15) is 22.8 Å². The Morgan fingerprint density at radius 1 is 1.08 bits per heavy atom. The summed E-state index contributed by atoms with van der Waals surface area (Å²) in [7, 11) is 0. The molecule has 2 N–H and O–H groups in total. The number of phenols is 2. The normalized spacial score (nSPS) is 11.1. The number of halogens is 2. The van der Waals surface area contributed by atoms with E-state index in [9.17, 15) is 15.0 Å². The van der Waals surface area contributed by atoms with Crippen LogP contribution in [0.15, 0.2) is 48.5 Å². The van der Waals surface area contributed by atoms with E-state index in [1.807, 2.05) is 6.92 Å². The number of hydrogen-bond acceptors (Lipinski definition) is 4. The maximum atomic E-state index is 12.9. The number of aromatic hydroxyl groups is 2. The second kappa shape index (κ2) is 6.61. The van der Waals surface area contributed by atoms with Crippen molar-refractivity contribution in [3.05, 3.63) is 55.1 Å². The Morgan fingerprint density at radius 3 is 2.38 bits per heavy atom. The third-order valence-corrected chi connectivity index (χ3v) is 4.96. The van der Waals surface area contributed by atoms with Crippen LogP contribution in [-0.4, -0.2) is 10.2 Å². The van der Waals surface area contributed by atoms with Crippen molar-refractivity contribution in [2.75, 3.05) is 0 Å². The highest BCUT2D eigenvalue weighted by molar-refractivity contribution is 9.11. The highest BCUT2D eigenvalue weighted by Gasteiger charge is 2.18. The molecule has 6 heteroatoms. The van der Waals surface area contributed by atoms with Crippen LogP contribution in [0.4, 0.5) is 0 Å². The van der Waals surface area contributed by atoms with Crippen LogP contribution in [0.3, 0.4) is 0 Å². The summed E-state index contributed by atoms with van der Waals surface area (Å²) in [6.07, 6.45) is 1.34. The molecule has 24 heavy (non-hydrogen) atoms. The van der Waals surface area contributed by atoms with Gasteiger partial charge in [-0.2, -0.15) is 0 Å². The molecule has 3 aromatic rings. The molecule has 0 fully saturated rings. The summed E-state index contributed by atoms with van der Waals surface area (Å²) < 4.78 is 6.99. The Bertz CT molecular complexity index is 969. The van der Waals surface area contributed by atoms with Crippen LogP contribution in [0.2, 0.25) is 0 Å². The molecule has 1 heterocycles. The lowest BCUT2D eigenvalue weighted by molar-refractivity contribution is 0.468. The van der Waals surface area contributed by atoms with E-state index in [2.05, 4.69) is 31.9 Å². The van der Waals surface area contributed by atoms with E-state index in [0.717, 1.165) is 6.42 Å². The molecule has 1 aromatic heterocycles. The summed E-state index contributed by atoms with van der Waals surface area (Å²) in [4.78, 5) is 12.9. The minimum absolute atomic E-state index is 0.0279. The molecule has 0 atom stereocenters. The first-order valence-electron chi connectivity index (χ1n) is 7.39. The summed E-state index contributed by atoms with van der Waals surface area (Å²) in [6, 6.07) is 7.91. The summed E-state index contributed by atoms with van der Waals surface area (Å²) in [5.74, 6) is 0.588. The molecule has 0 unspecified atom stereocenters. The Morgan fingerprint density at radius 2 is 1.75 bits per heavy atom. The average Bonchev–Trinajstić information content (AvgIpc) is 2.55. The molecule has 2 aromatic carbocycles. The van der Waals surface area contributed by atoms with Crippen LogP contribution in [0.25, 0.3) is 22.3 Å². The standard InChI is InChI=1S/C18H14Br2O4/c1-2-3-11-16(22)12-8-10(21)4-5-15(12)24-18(11)9-6-13(19)17(23)14(20)7-9/h4-8,21,23H,2-3H2,1H3. The Labute approximate surface area is 155 Å². The fourth-order valence-corrected chi connectivity index (χ4v) is 3.81. The van der Waals surface area contributed by atoms with Crippen LogP contribution < -0.4 is 5.43 Å². The smallest absolute Gasteiger partial charge is 0.196 e. The number of fused-ring (bicyclic) bond motifs is 1. The Kier molecular flexibility index (Phi) is 4.69. The highest BCUT2D eigenvalue weighted by atomic mass is 79.9. The lowest BCUT2D eigenvalue weighted by Crippen LogP contribution is -2.11. The van der Waals surface area contributed by atoms with Gasteiger partial charge in [0.05, 0.1) is 14.3 Å². The number of hydrogen-bond donors (Lipinski definition) is 2. The van der Waals surface area contributed by atoms with Crippen LogP contribution >= 0.6 is 31.9 Å². The van der Waals surface area contributed by atoms with Gasteiger partial charge in [-0.1, -0.05) is 13.3 Å².